The molecule has 0 aliphatic heterocycles. The van der Waals surface area contributed by atoms with Crippen LogP contribution in [0.5, 0.6) is 5.75 Å². The second-order valence-corrected chi connectivity index (χ2v) is 4.48. The standard InChI is InChI=1S/C16H15FN2O/c1-11-3-2-4-13(8-18)16(11)20-10-12-5-6-15(17)14(7-12)9-19/h2-7H,8,10,18H2,1H3. The summed E-state index contributed by atoms with van der Waals surface area (Å²) in [6.45, 7) is 2.61. The van der Waals surface area contributed by atoms with Crippen molar-refractivity contribution in [3.05, 3.63) is 64.5 Å². The molecule has 0 atom stereocenters. The largest absolute Gasteiger partial charge is 0.488 e. The minimum absolute atomic E-state index is 0.0231. The summed E-state index contributed by atoms with van der Waals surface area (Å²) in [4.78, 5) is 0. The number of nitrogens with two attached hydrogens (primary N) is 1. The van der Waals surface area contributed by atoms with E-state index < -0.39 is 5.82 Å². The smallest absolute Gasteiger partial charge is 0.140 e. The van der Waals surface area contributed by atoms with Crippen molar-refractivity contribution < 1.29 is 9.13 Å². The Labute approximate surface area is 117 Å². The second-order valence-electron chi connectivity index (χ2n) is 4.48. The van der Waals surface area contributed by atoms with Crippen LogP contribution in [0.2, 0.25) is 0 Å². The van der Waals surface area contributed by atoms with Crippen molar-refractivity contribution in [1.29, 1.82) is 5.26 Å². The number of rotatable bonds is 4. The van der Waals surface area contributed by atoms with Gasteiger partial charge in [0.1, 0.15) is 24.2 Å². The molecule has 0 aliphatic carbocycles. The Morgan fingerprint density at radius 2 is 2.10 bits per heavy atom. The Morgan fingerprint density at radius 3 is 2.80 bits per heavy atom. The fourth-order valence-corrected chi connectivity index (χ4v) is 1.98. The molecule has 0 fully saturated rings. The van der Waals surface area contributed by atoms with E-state index in [1.165, 1.54) is 12.1 Å². The summed E-state index contributed by atoms with van der Waals surface area (Å²) >= 11 is 0. The summed E-state index contributed by atoms with van der Waals surface area (Å²) in [6, 6.07) is 12.0. The Hall–Kier alpha value is -2.38. The Bertz CT molecular complexity index is 662. The molecule has 0 saturated heterocycles. The first-order valence-corrected chi connectivity index (χ1v) is 6.25. The number of benzene rings is 2. The summed E-state index contributed by atoms with van der Waals surface area (Å²) in [5.74, 6) is 0.229. The Kier molecular flexibility index (Phi) is 4.34. The zero-order chi connectivity index (χ0) is 14.5. The average Bonchev–Trinajstić information content (AvgIpc) is 2.47. The molecule has 0 saturated carbocycles. The maximum absolute atomic E-state index is 13.2. The van der Waals surface area contributed by atoms with Crippen molar-refractivity contribution in [2.75, 3.05) is 0 Å². The lowest BCUT2D eigenvalue weighted by Gasteiger charge is -2.13. The minimum atomic E-state index is -0.519. The molecule has 2 rings (SSSR count). The van der Waals surface area contributed by atoms with Crippen LogP contribution < -0.4 is 10.5 Å². The van der Waals surface area contributed by atoms with E-state index in [1.807, 2.05) is 31.2 Å². The number of para-hydroxylation sites is 1. The third-order valence-corrected chi connectivity index (χ3v) is 3.05. The Morgan fingerprint density at radius 1 is 1.30 bits per heavy atom. The van der Waals surface area contributed by atoms with Gasteiger partial charge in [-0.15, -0.1) is 0 Å². The van der Waals surface area contributed by atoms with E-state index in [1.54, 1.807) is 6.07 Å². The quantitative estimate of drug-likeness (QED) is 0.929. The van der Waals surface area contributed by atoms with Crippen molar-refractivity contribution in [3.8, 4) is 11.8 Å². The number of nitriles is 1. The predicted octanol–water partition coefficient (Wildman–Crippen LogP) is 3.04. The molecule has 2 aromatic rings. The lowest BCUT2D eigenvalue weighted by Crippen LogP contribution is -2.04. The molecule has 0 radical (unpaired) electrons. The molecular formula is C16H15FN2O. The lowest BCUT2D eigenvalue weighted by molar-refractivity contribution is 0.300. The molecule has 0 aromatic heterocycles. The zero-order valence-corrected chi connectivity index (χ0v) is 11.2. The van der Waals surface area contributed by atoms with E-state index in [4.69, 9.17) is 15.7 Å². The molecule has 2 aromatic carbocycles. The van der Waals surface area contributed by atoms with Crippen LogP contribution >= 0.6 is 0 Å². The van der Waals surface area contributed by atoms with Gasteiger partial charge in [0.15, 0.2) is 0 Å². The van der Waals surface area contributed by atoms with Crippen LogP contribution in [0.1, 0.15) is 22.3 Å². The highest BCUT2D eigenvalue weighted by Crippen LogP contribution is 2.24. The minimum Gasteiger partial charge on any atom is -0.488 e. The molecule has 0 unspecified atom stereocenters. The van der Waals surface area contributed by atoms with E-state index in [-0.39, 0.29) is 12.2 Å². The van der Waals surface area contributed by atoms with Crippen molar-refractivity contribution in [2.24, 2.45) is 5.73 Å². The monoisotopic (exact) mass is 270 g/mol. The van der Waals surface area contributed by atoms with Crippen LogP contribution in [0.25, 0.3) is 0 Å². The van der Waals surface area contributed by atoms with Crippen LogP contribution in [0.3, 0.4) is 0 Å². The SMILES string of the molecule is Cc1cccc(CN)c1OCc1ccc(F)c(C#N)c1. The van der Waals surface area contributed by atoms with Gasteiger partial charge < -0.3 is 10.5 Å². The fraction of sp³-hybridized carbons (Fsp3) is 0.188. The zero-order valence-electron chi connectivity index (χ0n) is 11.2. The third-order valence-electron chi connectivity index (χ3n) is 3.05. The molecule has 0 heterocycles. The van der Waals surface area contributed by atoms with Crippen LogP contribution in [0.4, 0.5) is 4.39 Å². The first kappa shape index (κ1) is 14.0. The highest BCUT2D eigenvalue weighted by molar-refractivity contribution is 5.41. The van der Waals surface area contributed by atoms with Crippen LogP contribution in [0.15, 0.2) is 36.4 Å². The summed E-state index contributed by atoms with van der Waals surface area (Å²) in [5, 5.41) is 8.81. The van der Waals surface area contributed by atoms with Crippen LogP contribution in [-0.4, -0.2) is 0 Å². The lowest BCUT2D eigenvalue weighted by atomic mass is 10.1. The van der Waals surface area contributed by atoms with E-state index in [9.17, 15) is 4.39 Å². The molecular weight excluding hydrogens is 255 g/mol. The first-order valence-electron chi connectivity index (χ1n) is 6.25. The van der Waals surface area contributed by atoms with Crippen molar-refractivity contribution in [2.45, 2.75) is 20.1 Å². The van der Waals surface area contributed by atoms with Gasteiger partial charge in [-0.05, 0) is 30.2 Å². The van der Waals surface area contributed by atoms with Gasteiger partial charge in [0.05, 0.1) is 5.56 Å². The average molecular weight is 270 g/mol. The van der Waals surface area contributed by atoms with Crippen LogP contribution in [0, 0.1) is 24.1 Å². The van der Waals surface area contributed by atoms with Gasteiger partial charge in [0, 0.05) is 12.1 Å². The number of aryl methyl sites for hydroxylation is 1. The van der Waals surface area contributed by atoms with Crippen molar-refractivity contribution in [1.82, 2.24) is 0 Å². The summed E-state index contributed by atoms with van der Waals surface area (Å²) < 4.78 is 19.0. The van der Waals surface area contributed by atoms with Crippen molar-refractivity contribution >= 4 is 0 Å². The second kappa shape index (κ2) is 6.18. The number of hydrogen-bond donors (Lipinski definition) is 1. The van der Waals surface area contributed by atoms with Gasteiger partial charge in [-0.25, -0.2) is 4.39 Å². The van der Waals surface area contributed by atoms with Gasteiger partial charge in [-0.3, -0.25) is 0 Å². The highest BCUT2D eigenvalue weighted by atomic mass is 19.1. The molecule has 0 spiro atoms. The predicted molar refractivity (Wildman–Crippen MR) is 74.5 cm³/mol. The van der Waals surface area contributed by atoms with E-state index in [0.717, 1.165) is 22.4 Å². The molecule has 0 bridgehead atoms. The molecule has 4 heteroatoms. The van der Waals surface area contributed by atoms with E-state index in [2.05, 4.69) is 0 Å². The normalized spacial score (nSPS) is 10.1. The highest BCUT2D eigenvalue weighted by Gasteiger charge is 2.07. The van der Waals surface area contributed by atoms with Gasteiger partial charge in [-0.1, -0.05) is 24.3 Å². The molecule has 0 amide bonds. The maximum atomic E-state index is 13.2. The number of hydrogen-bond acceptors (Lipinski definition) is 3. The van der Waals surface area contributed by atoms with Crippen molar-refractivity contribution in [3.63, 3.8) is 0 Å². The van der Waals surface area contributed by atoms with Gasteiger partial charge in [0.2, 0.25) is 0 Å². The maximum Gasteiger partial charge on any atom is 0.140 e. The van der Waals surface area contributed by atoms with Gasteiger partial charge in [-0.2, -0.15) is 5.26 Å². The Balaban J connectivity index is 2.19. The summed E-state index contributed by atoms with van der Waals surface area (Å²) in [7, 11) is 0. The van der Waals surface area contributed by atoms with E-state index in [0.29, 0.717) is 6.54 Å². The first-order chi connectivity index (χ1) is 9.65. The summed E-state index contributed by atoms with van der Waals surface area (Å²) in [5.41, 5.74) is 8.37. The summed E-state index contributed by atoms with van der Waals surface area (Å²) in [6.07, 6.45) is 0. The number of ether oxygens (including phenoxy) is 1. The van der Waals surface area contributed by atoms with Crippen LogP contribution in [-0.2, 0) is 13.2 Å². The third kappa shape index (κ3) is 2.95. The van der Waals surface area contributed by atoms with Gasteiger partial charge in [0.25, 0.3) is 0 Å². The van der Waals surface area contributed by atoms with Gasteiger partial charge >= 0.3 is 0 Å². The number of halogens is 1. The fourth-order valence-electron chi connectivity index (χ4n) is 1.98. The molecule has 102 valence electrons. The van der Waals surface area contributed by atoms with E-state index >= 15 is 0 Å². The molecule has 2 N–H and O–H groups in total. The topological polar surface area (TPSA) is 59.0 Å². The molecule has 20 heavy (non-hydrogen) atoms. The molecule has 3 nitrogen and oxygen atoms in total. The molecule has 0 aliphatic rings. The number of nitrogens with zero attached hydrogens (tertiary/aromatic N) is 1.